The molecule has 0 spiro atoms. The molecule has 2 nitrogen and oxygen atoms in total. The van der Waals surface area contributed by atoms with Crippen LogP contribution in [-0.4, -0.2) is 17.8 Å². The van der Waals surface area contributed by atoms with E-state index in [1.807, 2.05) is 19.1 Å². The molecule has 0 saturated heterocycles. The standard InChI is InChI=1S/C16H26O2/c1-5-13(4)18-11-16(17)15-8-6-14(7-9-15)10-12(2)3/h6-9,12-13,16-17H,5,10-11H2,1-4H3. The van der Waals surface area contributed by atoms with Gasteiger partial charge in [-0.05, 0) is 36.8 Å². The monoisotopic (exact) mass is 250 g/mol. The molecule has 2 heteroatoms. The van der Waals surface area contributed by atoms with E-state index in [1.54, 1.807) is 0 Å². The van der Waals surface area contributed by atoms with Crippen molar-refractivity contribution in [2.45, 2.75) is 52.7 Å². The van der Waals surface area contributed by atoms with E-state index in [4.69, 9.17) is 4.74 Å². The van der Waals surface area contributed by atoms with Crippen LogP contribution in [-0.2, 0) is 11.2 Å². The zero-order chi connectivity index (χ0) is 13.5. The van der Waals surface area contributed by atoms with Crippen LogP contribution in [0.2, 0.25) is 0 Å². The van der Waals surface area contributed by atoms with Crippen molar-refractivity contribution in [3.05, 3.63) is 35.4 Å². The molecule has 0 bridgehead atoms. The summed E-state index contributed by atoms with van der Waals surface area (Å²) in [6, 6.07) is 8.20. The van der Waals surface area contributed by atoms with Gasteiger partial charge in [0.2, 0.25) is 0 Å². The topological polar surface area (TPSA) is 29.5 Å². The van der Waals surface area contributed by atoms with Crippen molar-refractivity contribution in [3.8, 4) is 0 Å². The van der Waals surface area contributed by atoms with E-state index in [0.717, 1.165) is 18.4 Å². The minimum absolute atomic E-state index is 0.208. The van der Waals surface area contributed by atoms with Crippen LogP contribution in [0.5, 0.6) is 0 Å². The van der Waals surface area contributed by atoms with Crippen LogP contribution in [0.3, 0.4) is 0 Å². The zero-order valence-electron chi connectivity index (χ0n) is 12.0. The van der Waals surface area contributed by atoms with Gasteiger partial charge in [0.25, 0.3) is 0 Å². The Kier molecular flexibility index (Phi) is 6.37. The maximum absolute atomic E-state index is 10.0. The molecule has 1 aromatic carbocycles. The van der Waals surface area contributed by atoms with Crippen molar-refractivity contribution in [2.75, 3.05) is 6.61 Å². The Bertz CT molecular complexity index is 329. The van der Waals surface area contributed by atoms with Crippen LogP contribution in [0.1, 0.15) is 51.3 Å². The summed E-state index contributed by atoms with van der Waals surface area (Å²) in [5, 5.41) is 10.0. The highest BCUT2D eigenvalue weighted by Gasteiger charge is 2.09. The average Bonchev–Trinajstić information content (AvgIpc) is 2.35. The maximum atomic E-state index is 10.0. The molecule has 0 aromatic heterocycles. The SMILES string of the molecule is CCC(C)OCC(O)c1ccc(CC(C)C)cc1. The summed E-state index contributed by atoms with van der Waals surface area (Å²) in [5.74, 6) is 0.662. The Balaban J connectivity index is 2.50. The highest BCUT2D eigenvalue weighted by molar-refractivity contribution is 5.24. The van der Waals surface area contributed by atoms with Crippen LogP contribution >= 0.6 is 0 Å². The van der Waals surface area contributed by atoms with Gasteiger partial charge in [0.15, 0.2) is 0 Å². The summed E-state index contributed by atoms with van der Waals surface area (Å²) < 4.78 is 5.55. The third-order valence-electron chi connectivity index (χ3n) is 3.12. The van der Waals surface area contributed by atoms with Gasteiger partial charge in [0.05, 0.1) is 12.7 Å². The molecule has 1 aromatic rings. The number of aliphatic hydroxyl groups is 1. The lowest BCUT2D eigenvalue weighted by Gasteiger charge is -2.16. The van der Waals surface area contributed by atoms with Crippen LogP contribution in [0.4, 0.5) is 0 Å². The summed E-state index contributed by atoms with van der Waals surface area (Å²) in [4.78, 5) is 0. The lowest BCUT2D eigenvalue weighted by atomic mass is 10.0. The quantitative estimate of drug-likeness (QED) is 0.799. The van der Waals surface area contributed by atoms with Gasteiger partial charge < -0.3 is 9.84 Å². The van der Waals surface area contributed by atoms with E-state index in [0.29, 0.717) is 12.5 Å². The van der Waals surface area contributed by atoms with Gasteiger partial charge in [0, 0.05) is 0 Å². The first-order chi connectivity index (χ1) is 8.52. The molecule has 0 radical (unpaired) electrons. The summed E-state index contributed by atoms with van der Waals surface area (Å²) in [7, 11) is 0. The van der Waals surface area contributed by atoms with Gasteiger partial charge in [-0.1, -0.05) is 45.0 Å². The van der Waals surface area contributed by atoms with Crippen molar-refractivity contribution in [3.63, 3.8) is 0 Å². The molecule has 0 aliphatic carbocycles. The molecule has 0 aliphatic heterocycles. The molecule has 0 saturated carbocycles. The number of hydrogen-bond donors (Lipinski definition) is 1. The van der Waals surface area contributed by atoms with E-state index in [-0.39, 0.29) is 6.10 Å². The minimum Gasteiger partial charge on any atom is -0.386 e. The molecule has 0 heterocycles. The lowest BCUT2D eigenvalue weighted by molar-refractivity contribution is -0.00375. The van der Waals surface area contributed by atoms with Crippen LogP contribution in [0, 0.1) is 5.92 Å². The number of aliphatic hydroxyl groups excluding tert-OH is 1. The van der Waals surface area contributed by atoms with E-state index in [2.05, 4.69) is 32.9 Å². The largest absolute Gasteiger partial charge is 0.386 e. The summed E-state index contributed by atoms with van der Waals surface area (Å²) >= 11 is 0. The molecule has 0 amide bonds. The molecular weight excluding hydrogens is 224 g/mol. The Morgan fingerprint density at radius 1 is 1.11 bits per heavy atom. The van der Waals surface area contributed by atoms with E-state index >= 15 is 0 Å². The van der Waals surface area contributed by atoms with Gasteiger partial charge in [-0.15, -0.1) is 0 Å². The van der Waals surface area contributed by atoms with Gasteiger partial charge in [-0.3, -0.25) is 0 Å². The predicted molar refractivity (Wildman–Crippen MR) is 75.6 cm³/mol. The first-order valence-electron chi connectivity index (χ1n) is 6.91. The molecule has 2 atom stereocenters. The van der Waals surface area contributed by atoms with Crippen molar-refractivity contribution >= 4 is 0 Å². The highest BCUT2D eigenvalue weighted by atomic mass is 16.5. The fourth-order valence-electron chi connectivity index (χ4n) is 1.82. The summed E-state index contributed by atoms with van der Waals surface area (Å²) in [6.07, 6.45) is 1.74. The predicted octanol–water partition coefficient (Wildman–Crippen LogP) is 3.73. The molecule has 18 heavy (non-hydrogen) atoms. The first-order valence-corrected chi connectivity index (χ1v) is 6.91. The van der Waals surface area contributed by atoms with Gasteiger partial charge in [-0.2, -0.15) is 0 Å². The van der Waals surface area contributed by atoms with Crippen LogP contribution in [0.25, 0.3) is 0 Å². The number of hydrogen-bond acceptors (Lipinski definition) is 2. The lowest BCUT2D eigenvalue weighted by Crippen LogP contribution is -2.13. The number of ether oxygens (including phenoxy) is 1. The smallest absolute Gasteiger partial charge is 0.102 e. The maximum Gasteiger partial charge on any atom is 0.102 e. The van der Waals surface area contributed by atoms with Gasteiger partial charge in [-0.25, -0.2) is 0 Å². The third kappa shape index (κ3) is 5.19. The molecule has 0 aliphatic rings. The second-order valence-electron chi connectivity index (χ2n) is 5.41. The molecular formula is C16H26O2. The van der Waals surface area contributed by atoms with E-state index in [1.165, 1.54) is 5.56 Å². The molecule has 102 valence electrons. The second-order valence-corrected chi connectivity index (χ2v) is 5.41. The van der Waals surface area contributed by atoms with Crippen molar-refractivity contribution in [1.82, 2.24) is 0 Å². The van der Waals surface area contributed by atoms with Crippen LogP contribution in [0.15, 0.2) is 24.3 Å². The van der Waals surface area contributed by atoms with Crippen molar-refractivity contribution in [1.29, 1.82) is 0 Å². The Morgan fingerprint density at radius 2 is 1.72 bits per heavy atom. The average molecular weight is 250 g/mol. The normalized spacial score (nSPS) is 14.8. The summed E-state index contributed by atoms with van der Waals surface area (Å²) in [6.45, 7) is 8.90. The van der Waals surface area contributed by atoms with E-state index < -0.39 is 6.10 Å². The molecule has 1 rings (SSSR count). The Labute approximate surface area is 111 Å². The molecule has 0 fully saturated rings. The van der Waals surface area contributed by atoms with Gasteiger partial charge >= 0.3 is 0 Å². The van der Waals surface area contributed by atoms with Crippen LogP contribution < -0.4 is 0 Å². The first kappa shape index (κ1) is 15.2. The number of benzene rings is 1. The number of rotatable bonds is 7. The van der Waals surface area contributed by atoms with Gasteiger partial charge in [0.1, 0.15) is 6.10 Å². The fraction of sp³-hybridized carbons (Fsp3) is 0.625. The molecule has 2 unspecified atom stereocenters. The van der Waals surface area contributed by atoms with Crippen molar-refractivity contribution < 1.29 is 9.84 Å². The third-order valence-corrected chi connectivity index (χ3v) is 3.12. The zero-order valence-corrected chi connectivity index (χ0v) is 12.0. The van der Waals surface area contributed by atoms with E-state index in [9.17, 15) is 5.11 Å². The fourth-order valence-corrected chi connectivity index (χ4v) is 1.82. The highest BCUT2D eigenvalue weighted by Crippen LogP contribution is 2.16. The Hall–Kier alpha value is -0.860. The van der Waals surface area contributed by atoms with Crippen molar-refractivity contribution in [2.24, 2.45) is 5.92 Å². The summed E-state index contributed by atoms with van der Waals surface area (Å²) in [5.41, 5.74) is 2.26. The Morgan fingerprint density at radius 3 is 2.22 bits per heavy atom. The minimum atomic E-state index is -0.521. The second kappa shape index (κ2) is 7.55. The molecule has 1 N–H and O–H groups in total.